The number of nitrogens with zero attached hydrogens (tertiary/aromatic N) is 2. The number of halogens is 1. The zero-order chi connectivity index (χ0) is 15.5. The van der Waals surface area contributed by atoms with Crippen LogP contribution in [0.3, 0.4) is 0 Å². The van der Waals surface area contributed by atoms with Crippen molar-refractivity contribution in [2.75, 3.05) is 37.6 Å². The number of nitrogens with one attached hydrogen (secondary N) is 1. The van der Waals surface area contributed by atoms with Gasteiger partial charge in [0.2, 0.25) is 0 Å². The maximum atomic E-state index is 6.50. The molecule has 21 heavy (non-hydrogen) atoms. The molecule has 1 aromatic carbocycles. The molecule has 1 N–H and O–H groups in total. The first kappa shape index (κ1) is 16.6. The Morgan fingerprint density at radius 1 is 1.14 bits per heavy atom. The largest absolute Gasteiger partial charge is 0.368 e. The average Bonchev–Trinajstić information content (AvgIpc) is 2.45. The van der Waals surface area contributed by atoms with E-state index in [1.165, 1.54) is 11.3 Å². The van der Waals surface area contributed by atoms with Gasteiger partial charge < -0.3 is 15.1 Å². The summed E-state index contributed by atoms with van der Waals surface area (Å²) in [5, 5.41) is 4.37. The zero-order valence-corrected chi connectivity index (χ0v) is 14.5. The molecule has 0 amide bonds. The fourth-order valence-electron chi connectivity index (χ4n) is 2.59. The van der Waals surface area contributed by atoms with Gasteiger partial charge >= 0.3 is 0 Å². The lowest BCUT2D eigenvalue weighted by Gasteiger charge is -2.36. The van der Waals surface area contributed by atoms with Crippen molar-refractivity contribution in [3.63, 3.8) is 0 Å². The first-order chi connectivity index (χ1) is 9.89. The summed E-state index contributed by atoms with van der Waals surface area (Å²) in [6.45, 7) is 15.1. The minimum Gasteiger partial charge on any atom is -0.368 e. The van der Waals surface area contributed by atoms with E-state index in [1.807, 2.05) is 0 Å². The van der Waals surface area contributed by atoms with Gasteiger partial charge in [-0.3, -0.25) is 0 Å². The van der Waals surface area contributed by atoms with Gasteiger partial charge in [0.1, 0.15) is 0 Å². The molecule has 0 atom stereocenters. The summed E-state index contributed by atoms with van der Waals surface area (Å²) in [5.41, 5.74) is 2.54. The van der Waals surface area contributed by atoms with E-state index in [-0.39, 0.29) is 5.54 Å². The molecule has 0 radical (unpaired) electrons. The maximum Gasteiger partial charge on any atom is 0.0642 e. The first-order valence-corrected chi connectivity index (χ1v) is 8.27. The second kappa shape index (κ2) is 6.99. The molecule has 0 spiro atoms. The Labute approximate surface area is 134 Å². The quantitative estimate of drug-likeness (QED) is 0.920. The average molecular weight is 310 g/mol. The fraction of sp³-hybridized carbons (Fsp3) is 0.647. The molecule has 0 aromatic heterocycles. The predicted octanol–water partition coefficient (Wildman–Crippen LogP) is 3.37. The standard InChI is InChI=1S/C17H28ClN3/c1-5-20-8-10-21(11-9-20)16-7-6-14(12-15(16)18)13-19-17(2,3)4/h6-7,12,19H,5,8-11,13H2,1-4H3. The van der Waals surface area contributed by atoms with Crippen LogP contribution in [0.5, 0.6) is 0 Å². The fourth-order valence-corrected chi connectivity index (χ4v) is 2.91. The molecule has 1 fully saturated rings. The van der Waals surface area contributed by atoms with Gasteiger partial charge in [0.05, 0.1) is 10.7 Å². The van der Waals surface area contributed by atoms with E-state index in [1.54, 1.807) is 0 Å². The van der Waals surface area contributed by atoms with Gasteiger partial charge in [0, 0.05) is 38.3 Å². The highest BCUT2D eigenvalue weighted by atomic mass is 35.5. The molecule has 0 saturated carbocycles. The molecular weight excluding hydrogens is 282 g/mol. The number of likely N-dealkylation sites (N-methyl/N-ethyl adjacent to an activating group) is 1. The molecule has 4 heteroatoms. The van der Waals surface area contributed by atoms with Crippen molar-refractivity contribution in [3.05, 3.63) is 28.8 Å². The highest BCUT2D eigenvalue weighted by molar-refractivity contribution is 6.33. The summed E-state index contributed by atoms with van der Waals surface area (Å²) in [5.74, 6) is 0. The molecule has 0 aliphatic carbocycles. The maximum absolute atomic E-state index is 6.50. The zero-order valence-electron chi connectivity index (χ0n) is 13.7. The number of benzene rings is 1. The van der Waals surface area contributed by atoms with Gasteiger partial charge in [-0.15, -0.1) is 0 Å². The van der Waals surface area contributed by atoms with Crippen molar-refractivity contribution in [3.8, 4) is 0 Å². The summed E-state index contributed by atoms with van der Waals surface area (Å²) in [4.78, 5) is 4.88. The molecule has 118 valence electrons. The van der Waals surface area contributed by atoms with Crippen LogP contribution in [0, 0.1) is 0 Å². The van der Waals surface area contributed by atoms with Crippen LogP contribution < -0.4 is 10.2 Å². The SMILES string of the molecule is CCN1CCN(c2ccc(CNC(C)(C)C)cc2Cl)CC1. The molecule has 2 rings (SSSR count). The smallest absolute Gasteiger partial charge is 0.0642 e. The summed E-state index contributed by atoms with van der Waals surface area (Å²) >= 11 is 6.50. The second-order valence-corrected chi connectivity index (χ2v) is 7.22. The monoisotopic (exact) mass is 309 g/mol. The van der Waals surface area contributed by atoms with Crippen LogP contribution in [0.2, 0.25) is 5.02 Å². The Balaban J connectivity index is 1.99. The molecule has 0 bridgehead atoms. The van der Waals surface area contributed by atoms with E-state index in [0.717, 1.165) is 44.3 Å². The minimum atomic E-state index is 0.127. The van der Waals surface area contributed by atoms with Crippen LogP contribution in [-0.2, 0) is 6.54 Å². The van der Waals surface area contributed by atoms with Gasteiger partial charge in [0.25, 0.3) is 0 Å². The molecular formula is C17H28ClN3. The van der Waals surface area contributed by atoms with E-state index < -0.39 is 0 Å². The van der Waals surface area contributed by atoms with Crippen LogP contribution in [0.25, 0.3) is 0 Å². The van der Waals surface area contributed by atoms with E-state index in [9.17, 15) is 0 Å². The highest BCUT2D eigenvalue weighted by Crippen LogP contribution is 2.28. The Kier molecular flexibility index (Phi) is 5.53. The highest BCUT2D eigenvalue weighted by Gasteiger charge is 2.18. The summed E-state index contributed by atoms with van der Waals surface area (Å²) < 4.78 is 0. The Hall–Kier alpha value is -0.770. The van der Waals surface area contributed by atoms with Crippen LogP contribution in [0.4, 0.5) is 5.69 Å². The van der Waals surface area contributed by atoms with Crippen molar-refractivity contribution < 1.29 is 0 Å². The molecule has 1 heterocycles. The van der Waals surface area contributed by atoms with Gasteiger partial charge in [-0.25, -0.2) is 0 Å². The predicted molar refractivity (Wildman–Crippen MR) is 92.4 cm³/mol. The first-order valence-electron chi connectivity index (χ1n) is 7.90. The molecule has 1 aliphatic heterocycles. The normalized spacial score (nSPS) is 17.3. The van der Waals surface area contributed by atoms with Crippen LogP contribution >= 0.6 is 11.6 Å². The number of rotatable bonds is 4. The summed E-state index contributed by atoms with van der Waals surface area (Å²) in [6.07, 6.45) is 0. The topological polar surface area (TPSA) is 18.5 Å². The van der Waals surface area contributed by atoms with Crippen molar-refractivity contribution in [2.24, 2.45) is 0 Å². The Bertz CT molecular complexity index is 460. The van der Waals surface area contributed by atoms with Crippen molar-refractivity contribution in [2.45, 2.75) is 39.8 Å². The third-order valence-electron chi connectivity index (χ3n) is 4.00. The van der Waals surface area contributed by atoms with E-state index in [2.05, 4.69) is 61.0 Å². The van der Waals surface area contributed by atoms with Crippen molar-refractivity contribution in [1.29, 1.82) is 0 Å². The minimum absolute atomic E-state index is 0.127. The van der Waals surface area contributed by atoms with Crippen LogP contribution in [0.1, 0.15) is 33.3 Å². The number of hydrogen-bond donors (Lipinski definition) is 1. The molecule has 1 aromatic rings. The second-order valence-electron chi connectivity index (χ2n) is 6.81. The van der Waals surface area contributed by atoms with Gasteiger partial charge in [0.15, 0.2) is 0 Å². The van der Waals surface area contributed by atoms with Crippen molar-refractivity contribution >= 4 is 17.3 Å². The lowest BCUT2D eigenvalue weighted by atomic mass is 10.1. The van der Waals surface area contributed by atoms with Crippen molar-refractivity contribution in [1.82, 2.24) is 10.2 Å². The molecule has 1 saturated heterocycles. The third kappa shape index (κ3) is 4.87. The lowest BCUT2D eigenvalue weighted by Crippen LogP contribution is -2.46. The van der Waals surface area contributed by atoms with E-state index >= 15 is 0 Å². The van der Waals surface area contributed by atoms with Gasteiger partial charge in [-0.1, -0.05) is 24.6 Å². The number of piperazine rings is 1. The van der Waals surface area contributed by atoms with E-state index in [4.69, 9.17) is 11.6 Å². The van der Waals surface area contributed by atoms with Crippen LogP contribution in [-0.4, -0.2) is 43.2 Å². The van der Waals surface area contributed by atoms with Gasteiger partial charge in [-0.05, 0) is 45.0 Å². The Morgan fingerprint density at radius 2 is 1.81 bits per heavy atom. The third-order valence-corrected chi connectivity index (χ3v) is 4.30. The molecule has 1 aliphatic rings. The summed E-state index contributed by atoms with van der Waals surface area (Å²) in [7, 11) is 0. The van der Waals surface area contributed by atoms with E-state index in [0.29, 0.717) is 0 Å². The van der Waals surface area contributed by atoms with Crippen LogP contribution in [0.15, 0.2) is 18.2 Å². The molecule has 0 unspecified atom stereocenters. The Morgan fingerprint density at radius 3 is 2.33 bits per heavy atom. The number of anilines is 1. The van der Waals surface area contributed by atoms with Gasteiger partial charge in [-0.2, -0.15) is 0 Å². The summed E-state index contributed by atoms with van der Waals surface area (Å²) in [6, 6.07) is 6.46. The molecule has 3 nitrogen and oxygen atoms in total. The number of hydrogen-bond acceptors (Lipinski definition) is 3. The lowest BCUT2D eigenvalue weighted by molar-refractivity contribution is 0.271.